The van der Waals surface area contributed by atoms with Crippen LogP contribution < -0.4 is 10.1 Å². The molecule has 3 aromatic rings. The molecule has 2 heterocycles. The van der Waals surface area contributed by atoms with Crippen LogP contribution in [0.25, 0.3) is 11.3 Å². The molecule has 0 atom stereocenters. The number of methoxy groups -OCH3 is 1. The van der Waals surface area contributed by atoms with Crippen molar-refractivity contribution in [1.29, 1.82) is 0 Å². The van der Waals surface area contributed by atoms with Crippen LogP contribution in [0.2, 0.25) is 0 Å². The molecule has 0 saturated carbocycles. The highest BCUT2D eigenvalue weighted by atomic mass is 32.2. The van der Waals surface area contributed by atoms with E-state index in [1.54, 1.807) is 30.3 Å². The molecular weight excluding hydrogens is 384 g/mol. The number of carbonyl (C=O) groups is 1. The number of aromatic amines is 1. The van der Waals surface area contributed by atoms with Gasteiger partial charge < -0.3 is 14.5 Å². The van der Waals surface area contributed by atoms with Gasteiger partial charge in [-0.25, -0.2) is 12.7 Å². The Balaban J connectivity index is 1.85. The van der Waals surface area contributed by atoms with E-state index >= 15 is 0 Å². The molecule has 0 aliphatic heterocycles. The van der Waals surface area contributed by atoms with Gasteiger partial charge in [0.1, 0.15) is 22.1 Å². The molecule has 9 nitrogen and oxygen atoms in total. The van der Waals surface area contributed by atoms with Crippen molar-refractivity contribution in [3.63, 3.8) is 0 Å². The van der Waals surface area contributed by atoms with Crippen molar-refractivity contribution in [3.8, 4) is 17.0 Å². The van der Waals surface area contributed by atoms with E-state index in [0.29, 0.717) is 17.0 Å². The van der Waals surface area contributed by atoms with Gasteiger partial charge in [-0.05, 0) is 36.4 Å². The van der Waals surface area contributed by atoms with Gasteiger partial charge in [-0.2, -0.15) is 5.10 Å². The van der Waals surface area contributed by atoms with Gasteiger partial charge >= 0.3 is 0 Å². The zero-order valence-corrected chi connectivity index (χ0v) is 16.4. The summed E-state index contributed by atoms with van der Waals surface area (Å²) in [6.45, 7) is 0.244. The van der Waals surface area contributed by atoms with Crippen molar-refractivity contribution >= 4 is 15.9 Å². The molecule has 0 unspecified atom stereocenters. The number of sulfonamides is 1. The SMILES string of the molecule is COc1ccc(-c2cc(C(=O)NCc3ccco3)[nH]n2)cc1S(=O)(=O)N(C)C. The topological polar surface area (TPSA) is 118 Å². The molecule has 0 radical (unpaired) electrons. The molecule has 0 saturated heterocycles. The molecule has 2 N–H and O–H groups in total. The fourth-order valence-corrected chi connectivity index (χ4v) is 3.57. The number of carbonyl (C=O) groups excluding carboxylic acids is 1. The van der Waals surface area contributed by atoms with Crippen molar-refractivity contribution in [3.05, 3.63) is 54.1 Å². The molecule has 28 heavy (non-hydrogen) atoms. The molecule has 1 amide bonds. The molecular formula is C18H20N4O5S. The van der Waals surface area contributed by atoms with Crippen molar-refractivity contribution in [1.82, 2.24) is 19.8 Å². The lowest BCUT2D eigenvalue weighted by molar-refractivity contribution is 0.0943. The standard InChI is InChI=1S/C18H20N4O5S/c1-22(2)28(24,25)17-9-12(6-7-16(17)26-3)14-10-15(21-20-14)18(23)19-11-13-5-4-8-27-13/h4-10H,11H2,1-3H3,(H,19,23)(H,20,21). The smallest absolute Gasteiger partial charge is 0.269 e. The van der Waals surface area contributed by atoms with Crippen LogP contribution in [-0.4, -0.2) is 50.0 Å². The van der Waals surface area contributed by atoms with E-state index in [9.17, 15) is 13.2 Å². The van der Waals surface area contributed by atoms with Crippen LogP contribution in [0, 0.1) is 0 Å². The Hall–Kier alpha value is -3.11. The third kappa shape index (κ3) is 3.92. The van der Waals surface area contributed by atoms with E-state index in [1.165, 1.54) is 33.5 Å². The van der Waals surface area contributed by atoms with Crippen LogP contribution in [0.1, 0.15) is 16.2 Å². The fourth-order valence-electron chi connectivity index (χ4n) is 2.50. The highest BCUT2D eigenvalue weighted by Crippen LogP contribution is 2.30. The Morgan fingerprint density at radius 2 is 2.07 bits per heavy atom. The Morgan fingerprint density at radius 3 is 2.71 bits per heavy atom. The lowest BCUT2D eigenvalue weighted by Gasteiger charge is -2.15. The summed E-state index contributed by atoms with van der Waals surface area (Å²) in [4.78, 5) is 12.3. The maximum Gasteiger partial charge on any atom is 0.269 e. The van der Waals surface area contributed by atoms with E-state index in [4.69, 9.17) is 9.15 Å². The average molecular weight is 404 g/mol. The van der Waals surface area contributed by atoms with Gasteiger partial charge in [0.2, 0.25) is 10.0 Å². The van der Waals surface area contributed by atoms with Crippen LogP contribution in [0.4, 0.5) is 0 Å². The number of nitrogens with one attached hydrogen (secondary N) is 2. The zero-order valence-electron chi connectivity index (χ0n) is 15.6. The van der Waals surface area contributed by atoms with Crippen molar-refractivity contribution in [2.75, 3.05) is 21.2 Å². The second-order valence-electron chi connectivity index (χ2n) is 6.08. The van der Waals surface area contributed by atoms with Gasteiger partial charge in [0.15, 0.2) is 0 Å². The van der Waals surface area contributed by atoms with Crippen LogP contribution >= 0.6 is 0 Å². The van der Waals surface area contributed by atoms with Gasteiger partial charge in [-0.3, -0.25) is 9.89 Å². The molecule has 0 aliphatic carbocycles. The van der Waals surface area contributed by atoms with E-state index in [0.717, 1.165) is 4.31 Å². The largest absolute Gasteiger partial charge is 0.495 e. The van der Waals surface area contributed by atoms with Gasteiger partial charge in [-0.15, -0.1) is 0 Å². The number of hydrogen-bond acceptors (Lipinski definition) is 6. The third-order valence-electron chi connectivity index (χ3n) is 4.04. The Kier molecular flexibility index (Phi) is 5.52. The number of rotatable bonds is 7. The van der Waals surface area contributed by atoms with Crippen LogP contribution in [0.5, 0.6) is 5.75 Å². The Labute approximate surface area is 162 Å². The molecule has 0 spiro atoms. The fraction of sp³-hybridized carbons (Fsp3) is 0.222. The second-order valence-corrected chi connectivity index (χ2v) is 8.20. The van der Waals surface area contributed by atoms with E-state index in [2.05, 4.69) is 15.5 Å². The first-order valence-corrected chi connectivity index (χ1v) is 9.74. The van der Waals surface area contributed by atoms with E-state index < -0.39 is 10.0 Å². The van der Waals surface area contributed by atoms with Gasteiger partial charge in [0, 0.05) is 19.7 Å². The lowest BCUT2D eigenvalue weighted by Crippen LogP contribution is -2.22. The van der Waals surface area contributed by atoms with E-state index in [-0.39, 0.29) is 28.8 Å². The van der Waals surface area contributed by atoms with Gasteiger partial charge in [-0.1, -0.05) is 0 Å². The molecule has 148 valence electrons. The summed E-state index contributed by atoms with van der Waals surface area (Å²) in [6, 6.07) is 9.73. The van der Waals surface area contributed by atoms with Crippen LogP contribution in [-0.2, 0) is 16.6 Å². The molecule has 0 bridgehead atoms. The normalized spacial score (nSPS) is 11.6. The molecule has 0 aliphatic rings. The quantitative estimate of drug-likeness (QED) is 0.621. The molecule has 3 rings (SSSR count). The first-order chi connectivity index (χ1) is 13.3. The number of benzene rings is 1. The molecule has 10 heteroatoms. The van der Waals surface area contributed by atoms with Gasteiger partial charge in [0.05, 0.1) is 25.6 Å². The van der Waals surface area contributed by atoms with E-state index in [1.807, 2.05) is 0 Å². The van der Waals surface area contributed by atoms with Crippen LogP contribution in [0.3, 0.4) is 0 Å². The van der Waals surface area contributed by atoms with Crippen LogP contribution in [0.15, 0.2) is 52.0 Å². The summed E-state index contributed by atoms with van der Waals surface area (Å²) in [5, 5.41) is 9.49. The maximum atomic E-state index is 12.6. The molecule has 2 aromatic heterocycles. The Bertz CT molecular complexity index is 1070. The van der Waals surface area contributed by atoms with Crippen molar-refractivity contribution < 1.29 is 22.4 Å². The highest BCUT2D eigenvalue weighted by Gasteiger charge is 2.23. The first-order valence-electron chi connectivity index (χ1n) is 8.30. The Morgan fingerprint density at radius 1 is 1.29 bits per heavy atom. The number of nitrogens with zero attached hydrogens (tertiary/aromatic N) is 2. The third-order valence-corrected chi connectivity index (χ3v) is 5.88. The molecule has 1 aromatic carbocycles. The summed E-state index contributed by atoms with van der Waals surface area (Å²) in [5.41, 5.74) is 1.21. The lowest BCUT2D eigenvalue weighted by atomic mass is 10.1. The second kappa shape index (κ2) is 7.87. The minimum absolute atomic E-state index is 0.0179. The number of hydrogen-bond donors (Lipinski definition) is 2. The highest BCUT2D eigenvalue weighted by molar-refractivity contribution is 7.89. The number of ether oxygens (including phenoxy) is 1. The number of furan rings is 1. The summed E-state index contributed by atoms with van der Waals surface area (Å²) in [6.07, 6.45) is 1.53. The van der Waals surface area contributed by atoms with Crippen molar-refractivity contribution in [2.45, 2.75) is 11.4 Å². The summed E-state index contributed by atoms with van der Waals surface area (Å²) in [7, 11) is 0.574. The average Bonchev–Trinajstić information content (AvgIpc) is 3.37. The minimum Gasteiger partial charge on any atom is -0.495 e. The predicted octanol–water partition coefficient (Wildman–Crippen LogP) is 1.86. The molecule has 0 fully saturated rings. The first kappa shape index (κ1) is 19.6. The van der Waals surface area contributed by atoms with Gasteiger partial charge in [0.25, 0.3) is 5.91 Å². The monoisotopic (exact) mass is 404 g/mol. The number of aromatic nitrogens is 2. The summed E-state index contributed by atoms with van der Waals surface area (Å²) in [5.74, 6) is 0.496. The number of amides is 1. The van der Waals surface area contributed by atoms with Crippen molar-refractivity contribution in [2.24, 2.45) is 0 Å². The maximum absolute atomic E-state index is 12.6. The predicted molar refractivity (Wildman–Crippen MR) is 101 cm³/mol. The zero-order chi connectivity index (χ0) is 20.3. The summed E-state index contributed by atoms with van der Waals surface area (Å²) >= 11 is 0. The summed E-state index contributed by atoms with van der Waals surface area (Å²) < 4.78 is 36.5. The minimum atomic E-state index is -3.71. The number of H-pyrrole nitrogens is 1.